The topological polar surface area (TPSA) is 38.7 Å². The molecule has 0 bridgehead atoms. The van der Waals surface area contributed by atoms with Crippen molar-refractivity contribution in [2.75, 3.05) is 20.8 Å². The zero-order chi connectivity index (χ0) is 12.3. The molecule has 0 atom stereocenters. The van der Waals surface area contributed by atoms with Gasteiger partial charge in [0.2, 0.25) is 0 Å². The molecular weight excluding hydrogens is 211 g/mol. The SMILES string of the molecule is COc1cc(F)c(C(C)(C)CO)c(OC)c1. The van der Waals surface area contributed by atoms with Crippen LogP contribution in [0, 0.1) is 5.82 Å². The van der Waals surface area contributed by atoms with Gasteiger partial charge in [0.1, 0.15) is 17.3 Å². The Morgan fingerprint density at radius 1 is 1.25 bits per heavy atom. The lowest BCUT2D eigenvalue weighted by atomic mass is 9.84. The van der Waals surface area contributed by atoms with E-state index >= 15 is 0 Å². The lowest BCUT2D eigenvalue weighted by Gasteiger charge is -2.25. The Hall–Kier alpha value is -1.29. The van der Waals surface area contributed by atoms with Gasteiger partial charge in [-0.15, -0.1) is 0 Å². The highest BCUT2D eigenvalue weighted by atomic mass is 19.1. The summed E-state index contributed by atoms with van der Waals surface area (Å²) in [6.45, 7) is 3.34. The largest absolute Gasteiger partial charge is 0.497 e. The van der Waals surface area contributed by atoms with Crippen molar-refractivity contribution in [3.63, 3.8) is 0 Å². The lowest BCUT2D eigenvalue weighted by molar-refractivity contribution is 0.210. The molecule has 3 nitrogen and oxygen atoms in total. The van der Waals surface area contributed by atoms with Gasteiger partial charge in [0.25, 0.3) is 0 Å². The molecule has 16 heavy (non-hydrogen) atoms. The second kappa shape index (κ2) is 4.70. The highest BCUT2D eigenvalue weighted by Crippen LogP contribution is 2.36. The van der Waals surface area contributed by atoms with Gasteiger partial charge < -0.3 is 14.6 Å². The number of aliphatic hydroxyl groups excluding tert-OH is 1. The van der Waals surface area contributed by atoms with Crippen LogP contribution < -0.4 is 9.47 Å². The predicted octanol–water partition coefficient (Wildman–Crippen LogP) is 2.11. The Morgan fingerprint density at radius 3 is 2.31 bits per heavy atom. The van der Waals surface area contributed by atoms with Crippen LogP contribution in [0.3, 0.4) is 0 Å². The highest BCUT2D eigenvalue weighted by Gasteiger charge is 2.28. The van der Waals surface area contributed by atoms with Crippen molar-refractivity contribution in [3.05, 3.63) is 23.5 Å². The Balaban J connectivity index is 3.38. The zero-order valence-corrected chi connectivity index (χ0v) is 10.0. The molecule has 1 aromatic rings. The number of halogens is 1. The molecule has 0 spiro atoms. The third-order valence-corrected chi connectivity index (χ3v) is 2.56. The molecule has 0 aliphatic rings. The maximum atomic E-state index is 13.9. The van der Waals surface area contributed by atoms with Gasteiger partial charge in [-0.3, -0.25) is 0 Å². The number of hydrogen-bond acceptors (Lipinski definition) is 3. The summed E-state index contributed by atoms with van der Waals surface area (Å²) >= 11 is 0. The van der Waals surface area contributed by atoms with Crippen LogP contribution >= 0.6 is 0 Å². The van der Waals surface area contributed by atoms with E-state index in [4.69, 9.17) is 9.47 Å². The summed E-state index contributed by atoms with van der Waals surface area (Å²) in [5.41, 5.74) is -0.333. The van der Waals surface area contributed by atoms with Gasteiger partial charge in [0.15, 0.2) is 0 Å². The highest BCUT2D eigenvalue weighted by molar-refractivity contribution is 5.45. The van der Waals surface area contributed by atoms with Crippen LogP contribution in [-0.4, -0.2) is 25.9 Å². The van der Waals surface area contributed by atoms with Gasteiger partial charge in [0.05, 0.1) is 20.8 Å². The third-order valence-electron chi connectivity index (χ3n) is 2.56. The number of hydrogen-bond donors (Lipinski definition) is 1. The third kappa shape index (κ3) is 2.27. The number of aliphatic hydroxyl groups is 1. The normalized spacial score (nSPS) is 11.4. The molecule has 0 radical (unpaired) electrons. The van der Waals surface area contributed by atoms with Crippen LogP contribution in [0.1, 0.15) is 19.4 Å². The Kier molecular flexibility index (Phi) is 3.75. The van der Waals surface area contributed by atoms with E-state index in [1.165, 1.54) is 20.3 Å². The second-order valence-corrected chi connectivity index (χ2v) is 4.23. The predicted molar refractivity (Wildman–Crippen MR) is 59.6 cm³/mol. The molecule has 0 unspecified atom stereocenters. The number of methoxy groups -OCH3 is 2. The van der Waals surface area contributed by atoms with Gasteiger partial charge >= 0.3 is 0 Å². The summed E-state index contributed by atoms with van der Waals surface area (Å²) in [5.74, 6) is 0.345. The maximum Gasteiger partial charge on any atom is 0.134 e. The van der Waals surface area contributed by atoms with Gasteiger partial charge in [-0.05, 0) is 0 Å². The summed E-state index contributed by atoms with van der Waals surface area (Å²) in [5, 5.41) is 9.26. The molecule has 0 heterocycles. The summed E-state index contributed by atoms with van der Waals surface area (Å²) in [6, 6.07) is 2.89. The van der Waals surface area contributed by atoms with Crippen LogP contribution in [0.15, 0.2) is 12.1 Å². The molecule has 0 saturated heterocycles. The Labute approximate surface area is 94.8 Å². The van der Waals surface area contributed by atoms with Gasteiger partial charge in [-0.25, -0.2) is 4.39 Å². The molecule has 0 saturated carbocycles. The average molecular weight is 228 g/mol. The van der Waals surface area contributed by atoms with Crippen molar-refractivity contribution in [1.29, 1.82) is 0 Å². The number of ether oxygens (including phenoxy) is 2. The molecule has 0 amide bonds. The summed E-state index contributed by atoms with van der Waals surface area (Å²) in [7, 11) is 2.93. The molecule has 1 aromatic carbocycles. The van der Waals surface area contributed by atoms with Gasteiger partial charge in [0, 0.05) is 23.1 Å². The van der Waals surface area contributed by atoms with E-state index in [2.05, 4.69) is 0 Å². The first kappa shape index (κ1) is 12.8. The molecule has 0 aromatic heterocycles. The second-order valence-electron chi connectivity index (χ2n) is 4.23. The van der Waals surface area contributed by atoms with E-state index in [9.17, 15) is 9.50 Å². The summed E-state index contributed by atoms with van der Waals surface area (Å²) < 4.78 is 24.0. The zero-order valence-electron chi connectivity index (χ0n) is 10.0. The van der Waals surface area contributed by atoms with Crippen LogP contribution in [0.2, 0.25) is 0 Å². The van der Waals surface area contributed by atoms with Crippen LogP contribution in [0.5, 0.6) is 11.5 Å². The van der Waals surface area contributed by atoms with E-state index in [-0.39, 0.29) is 6.61 Å². The Bertz CT molecular complexity index is 375. The molecule has 90 valence electrons. The van der Waals surface area contributed by atoms with Crippen molar-refractivity contribution in [1.82, 2.24) is 0 Å². The molecule has 0 fully saturated rings. The summed E-state index contributed by atoms with van der Waals surface area (Å²) in [4.78, 5) is 0. The fourth-order valence-electron chi connectivity index (χ4n) is 1.57. The van der Waals surface area contributed by atoms with Crippen LogP contribution in [0.25, 0.3) is 0 Å². The van der Waals surface area contributed by atoms with Crippen molar-refractivity contribution < 1.29 is 19.0 Å². The number of benzene rings is 1. The van der Waals surface area contributed by atoms with Crippen molar-refractivity contribution in [3.8, 4) is 11.5 Å². The molecule has 0 aliphatic heterocycles. The first-order valence-electron chi connectivity index (χ1n) is 4.99. The average Bonchev–Trinajstić information content (AvgIpc) is 2.27. The minimum Gasteiger partial charge on any atom is -0.497 e. The van der Waals surface area contributed by atoms with Crippen molar-refractivity contribution in [2.45, 2.75) is 19.3 Å². The minimum atomic E-state index is -0.693. The molecule has 1 N–H and O–H groups in total. The lowest BCUT2D eigenvalue weighted by Crippen LogP contribution is -2.24. The van der Waals surface area contributed by atoms with E-state index in [1.807, 2.05) is 0 Å². The standard InChI is InChI=1S/C12H17FO3/c1-12(2,7-14)11-9(13)5-8(15-3)6-10(11)16-4/h5-6,14H,7H2,1-4H3. The van der Waals surface area contributed by atoms with Crippen molar-refractivity contribution >= 4 is 0 Å². The minimum absolute atomic E-state index is 0.160. The maximum absolute atomic E-state index is 13.9. The molecular formula is C12H17FO3. The van der Waals surface area contributed by atoms with E-state index in [0.29, 0.717) is 17.1 Å². The smallest absolute Gasteiger partial charge is 0.134 e. The monoisotopic (exact) mass is 228 g/mol. The molecule has 0 aliphatic carbocycles. The van der Waals surface area contributed by atoms with Gasteiger partial charge in [-0.2, -0.15) is 0 Å². The molecule has 1 rings (SSSR count). The fraction of sp³-hybridized carbons (Fsp3) is 0.500. The van der Waals surface area contributed by atoms with E-state index in [0.717, 1.165) is 0 Å². The molecule has 4 heteroatoms. The first-order chi connectivity index (χ1) is 7.46. The quantitative estimate of drug-likeness (QED) is 0.857. The number of rotatable bonds is 4. The fourth-order valence-corrected chi connectivity index (χ4v) is 1.57. The van der Waals surface area contributed by atoms with Crippen molar-refractivity contribution in [2.24, 2.45) is 0 Å². The van der Waals surface area contributed by atoms with E-state index < -0.39 is 11.2 Å². The van der Waals surface area contributed by atoms with Crippen LogP contribution in [-0.2, 0) is 5.41 Å². The van der Waals surface area contributed by atoms with Gasteiger partial charge in [-0.1, -0.05) is 13.8 Å². The van der Waals surface area contributed by atoms with Crippen LogP contribution in [0.4, 0.5) is 4.39 Å². The Morgan fingerprint density at radius 2 is 1.88 bits per heavy atom. The first-order valence-corrected chi connectivity index (χ1v) is 4.99. The van der Waals surface area contributed by atoms with E-state index in [1.54, 1.807) is 19.9 Å². The summed E-state index contributed by atoms with van der Waals surface area (Å²) in [6.07, 6.45) is 0.